The number of pyridine rings is 1. The Labute approximate surface area is 97.0 Å². The normalized spacial score (nSPS) is 11.8. The molecule has 0 aromatic carbocycles. The summed E-state index contributed by atoms with van der Waals surface area (Å²) in [5.41, 5.74) is 3.45. The van der Waals surface area contributed by atoms with E-state index in [9.17, 15) is 8.42 Å². The second kappa shape index (κ2) is 4.37. The fourth-order valence-electron chi connectivity index (χ4n) is 0.979. The van der Waals surface area contributed by atoms with Crippen LogP contribution in [0.25, 0.3) is 0 Å². The van der Waals surface area contributed by atoms with E-state index >= 15 is 0 Å². The third-order valence-electron chi connectivity index (χ3n) is 1.66. The van der Waals surface area contributed by atoms with Gasteiger partial charge in [0.05, 0.1) is 5.56 Å². The van der Waals surface area contributed by atoms with Gasteiger partial charge in [0.2, 0.25) is 10.0 Å². The summed E-state index contributed by atoms with van der Waals surface area (Å²) in [4.78, 5) is 3.89. The highest BCUT2D eigenvalue weighted by Crippen LogP contribution is 2.11. The lowest BCUT2D eigenvalue weighted by atomic mass is 10.3. The maximum atomic E-state index is 11.3. The Hall–Kier alpha value is -1.16. The van der Waals surface area contributed by atoms with Crippen LogP contribution in [-0.4, -0.2) is 21.5 Å². The number of aromatic nitrogens is 1. The second-order valence-corrected chi connectivity index (χ2v) is 10.7. The minimum absolute atomic E-state index is 0.0354. The topological polar surface area (TPSA) is 73.0 Å². The van der Waals surface area contributed by atoms with E-state index in [0.29, 0.717) is 5.56 Å². The lowest BCUT2D eigenvalue weighted by Gasteiger charge is -2.04. The van der Waals surface area contributed by atoms with Crippen LogP contribution in [0.3, 0.4) is 0 Å². The van der Waals surface area contributed by atoms with Crippen molar-refractivity contribution in [3.63, 3.8) is 0 Å². The fraction of sp³-hybridized carbons (Fsp3) is 0.300. The molecule has 0 spiro atoms. The largest absolute Gasteiger partial charge is 0.263 e. The molecule has 0 saturated heterocycles. The molecule has 6 heteroatoms. The number of hydrogen-bond acceptors (Lipinski definition) is 3. The Bertz CT molecular complexity index is 550. The van der Waals surface area contributed by atoms with Gasteiger partial charge in [-0.25, -0.2) is 13.6 Å². The van der Waals surface area contributed by atoms with Crippen LogP contribution in [0, 0.1) is 11.5 Å². The number of rotatable bonds is 1. The van der Waals surface area contributed by atoms with Crippen LogP contribution in [-0.2, 0) is 10.0 Å². The fourth-order valence-corrected chi connectivity index (χ4v) is 2.15. The molecule has 16 heavy (non-hydrogen) atoms. The van der Waals surface area contributed by atoms with Gasteiger partial charge in [0.1, 0.15) is 13.0 Å². The van der Waals surface area contributed by atoms with Crippen LogP contribution < -0.4 is 5.14 Å². The van der Waals surface area contributed by atoms with E-state index in [0.717, 1.165) is 0 Å². The van der Waals surface area contributed by atoms with E-state index in [1.165, 1.54) is 18.5 Å². The average Bonchev–Trinajstić information content (AvgIpc) is 2.12. The van der Waals surface area contributed by atoms with Crippen molar-refractivity contribution in [1.29, 1.82) is 0 Å². The Balaban J connectivity index is 3.30. The van der Waals surface area contributed by atoms with E-state index in [1.807, 2.05) is 0 Å². The summed E-state index contributed by atoms with van der Waals surface area (Å²) in [6, 6.07) is 1.36. The van der Waals surface area contributed by atoms with Crippen molar-refractivity contribution in [3.8, 4) is 11.5 Å². The number of primary sulfonamides is 1. The van der Waals surface area contributed by atoms with Crippen molar-refractivity contribution >= 4 is 18.1 Å². The van der Waals surface area contributed by atoms with Crippen LogP contribution in [0.15, 0.2) is 23.4 Å². The van der Waals surface area contributed by atoms with Gasteiger partial charge < -0.3 is 0 Å². The van der Waals surface area contributed by atoms with Crippen molar-refractivity contribution in [2.24, 2.45) is 5.14 Å². The molecule has 0 aliphatic carbocycles. The summed E-state index contributed by atoms with van der Waals surface area (Å²) < 4.78 is 22.5. The molecule has 1 rings (SSSR count). The molecule has 86 valence electrons. The monoisotopic (exact) mass is 254 g/mol. The highest BCUT2D eigenvalue weighted by Gasteiger charge is 2.13. The molecule has 2 N–H and O–H groups in total. The van der Waals surface area contributed by atoms with Crippen molar-refractivity contribution < 1.29 is 8.42 Å². The first kappa shape index (κ1) is 12.9. The summed E-state index contributed by atoms with van der Waals surface area (Å²) in [5, 5.41) is 5.08. The van der Waals surface area contributed by atoms with Gasteiger partial charge >= 0.3 is 0 Å². The van der Waals surface area contributed by atoms with Gasteiger partial charge in [-0.1, -0.05) is 25.6 Å². The van der Waals surface area contributed by atoms with Gasteiger partial charge in [-0.2, -0.15) is 0 Å². The summed E-state index contributed by atoms with van der Waals surface area (Å²) in [6.07, 6.45) is 2.81. The first-order valence-corrected chi connectivity index (χ1v) is 9.75. The van der Waals surface area contributed by atoms with Gasteiger partial charge in [-0.05, 0) is 6.07 Å². The molecule has 1 heterocycles. The van der Waals surface area contributed by atoms with E-state index in [1.54, 1.807) is 0 Å². The second-order valence-electron chi connectivity index (χ2n) is 4.42. The molecule has 0 saturated carbocycles. The Morgan fingerprint density at radius 3 is 2.50 bits per heavy atom. The van der Waals surface area contributed by atoms with Gasteiger partial charge in [0.15, 0.2) is 0 Å². The van der Waals surface area contributed by atoms with Crippen LogP contribution in [0.4, 0.5) is 0 Å². The van der Waals surface area contributed by atoms with Gasteiger partial charge in [-0.15, -0.1) is 5.54 Å². The summed E-state index contributed by atoms with van der Waals surface area (Å²) in [7, 11) is -5.27. The standard InChI is InChI=1S/C10H14N2O2SSi/c1-16(2,3)7-5-9-8-12-6-4-10(9)15(11,13)14/h4,6,8H,1-3H3,(H2,11,13,14). The molecule has 1 aromatic heterocycles. The maximum absolute atomic E-state index is 11.3. The predicted molar refractivity (Wildman–Crippen MR) is 65.8 cm³/mol. The zero-order valence-electron chi connectivity index (χ0n) is 9.48. The number of hydrogen-bond donors (Lipinski definition) is 1. The van der Waals surface area contributed by atoms with Gasteiger partial charge in [0, 0.05) is 12.4 Å². The maximum Gasteiger partial charge on any atom is 0.239 e. The van der Waals surface area contributed by atoms with E-state index in [4.69, 9.17) is 5.14 Å². The van der Waals surface area contributed by atoms with Crippen LogP contribution in [0.2, 0.25) is 19.6 Å². The average molecular weight is 254 g/mol. The summed E-state index contributed by atoms with van der Waals surface area (Å²) in [6.45, 7) is 6.23. The highest BCUT2D eigenvalue weighted by atomic mass is 32.2. The minimum atomic E-state index is -3.73. The third kappa shape index (κ3) is 3.77. The van der Waals surface area contributed by atoms with E-state index in [-0.39, 0.29) is 4.90 Å². The molecule has 4 nitrogen and oxygen atoms in total. The molecule has 0 unspecified atom stereocenters. The predicted octanol–water partition coefficient (Wildman–Crippen LogP) is 0.958. The molecule has 0 bridgehead atoms. The molecular weight excluding hydrogens is 240 g/mol. The van der Waals surface area contributed by atoms with Crippen LogP contribution >= 0.6 is 0 Å². The molecular formula is C10H14N2O2SSi. The first-order chi connectivity index (χ1) is 7.20. The van der Waals surface area contributed by atoms with E-state index in [2.05, 4.69) is 36.1 Å². The summed E-state index contributed by atoms with van der Waals surface area (Å²) >= 11 is 0. The van der Waals surface area contributed by atoms with Crippen LogP contribution in [0.5, 0.6) is 0 Å². The third-order valence-corrected chi connectivity index (χ3v) is 3.50. The van der Waals surface area contributed by atoms with Gasteiger partial charge in [-0.3, -0.25) is 4.98 Å². The number of sulfonamides is 1. The quantitative estimate of drug-likeness (QED) is 0.599. The Morgan fingerprint density at radius 1 is 1.38 bits per heavy atom. The van der Waals surface area contributed by atoms with Crippen LogP contribution in [0.1, 0.15) is 5.56 Å². The molecule has 0 aliphatic rings. The number of nitrogens with zero attached hydrogens (tertiary/aromatic N) is 1. The Morgan fingerprint density at radius 2 is 2.00 bits per heavy atom. The molecule has 0 radical (unpaired) electrons. The molecule has 0 fully saturated rings. The van der Waals surface area contributed by atoms with E-state index < -0.39 is 18.1 Å². The lowest BCUT2D eigenvalue weighted by Crippen LogP contribution is -2.17. The first-order valence-electron chi connectivity index (χ1n) is 4.70. The van der Waals surface area contributed by atoms with Crippen molar-refractivity contribution in [2.45, 2.75) is 24.5 Å². The van der Waals surface area contributed by atoms with Crippen molar-refractivity contribution in [2.75, 3.05) is 0 Å². The Kier molecular flexibility index (Phi) is 3.53. The number of nitrogens with two attached hydrogens (primary N) is 1. The lowest BCUT2D eigenvalue weighted by molar-refractivity contribution is 0.597. The molecule has 0 amide bonds. The zero-order valence-corrected chi connectivity index (χ0v) is 11.3. The molecule has 0 atom stereocenters. The molecule has 1 aromatic rings. The smallest absolute Gasteiger partial charge is 0.239 e. The molecule has 0 aliphatic heterocycles. The zero-order chi connectivity index (χ0) is 12.4. The highest BCUT2D eigenvalue weighted by molar-refractivity contribution is 7.89. The van der Waals surface area contributed by atoms with Gasteiger partial charge in [0.25, 0.3) is 0 Å². The summed E-state index contributed by atoms with van der Waals surface area (Å²) in [5.74, 6) is 2.85. The van der Waals surface area contributed by atoms with Crippen molar-refractivity contribution in [1.82, 2.24) is 4.98 Å². The SMILES string of the molecule is C[Si](C)(C)C#Cc1cnccc1S(N)(=O)=O. The van der Waals surface area contributed by atoms with Crippen molar-refractivity contribution in [3.05, 3.63) is 24.0 Å². The minimum Gasteiger partial charge on any atom is -0.263 e.